The van der Waals surface area contributed by atoms with Gasteiger partial charge >= 0.3 is 0 Å². The molecule has 7 heteroatoms. The molecule has 0 aliphatic carbocycles. The van der Waals surface area contributed by atoms with Crippen molar-refractivity contribution < 1.29 is 19.0 Å². The van der Waals surface area contributed by atoms with Gasteiger partial charge in [0.25, 0.3) is 0 Å². The number of pyridine rings is 1. The van der Waals surface area contributed by atoms with Gasteiger partial charge in [-0.05, 0) is 48.5 Å². The maximum Gasteiger partial charge on any atom is 0.165 e. The molecule has 184 valence electrons. The molecule has 1 aliphatic heterocycles. The van der Waals surface area contributed by atoms with Crippen molar-refractivity contribution in [2.75, 3.05) is 52.4 Å². The molecule has 1 unspecified atom stereocenters. The van der Waals surface area contributed by atoms with Gasteiger partial charge in [-0.3, -0.25) is 14.7 Å². The lowest BCUT2D eigenvalue weighted by Crippen LogP contribution is -2.64. The fraction of sp³-hybridized carbons (Fsp3) is 0.357. The molecule has 35 heavy (non-hydrogen) atoms. The lowest BCUT2D eigenvalue weighted by molar-refractivity contribution is -0.132. The molecule has 0 N–H and O–H groups in total. The number of nitrogens with zero attached hydrogens (tertiary/aromatic N) is 3. The number of benzene rings is 2. The fourth-order valence-electron chi connectivity index (χ4n) is 5.02. The molecular weight excluding hydrogens is 442 g/mol. The number of rotatable bonds is 9. The number of likely N-dealkylation sites (N-methyl/N-ethyl adjacent to an activating group) is 1. The summed E-state index contributed by atoms with van der Waals surface area (Å²) in [7, 11) is 4.90. The Balaban J connectivity index is 1.86. The van der Waals surface area contributed by atoms with E-state index >= 15 is 0 Å². The predicted octanol–water partition coefficient (Wildman–Crippen LogP) is 3.96. The molecule has 0 spiro atoms. The Labute approximate surface area is 207 Å². The van der Waals surface area contributed by atoms with E-state index in [9.17, 15) is 4.79 Å². The summed E-state index contributed by atoms with van der Waals surface area (Å²) in [4.78, 5) is 23.3. The van der Waals surface area contributed by atoms with E-state index in [2.05, 4.69) is 21.7 Å². The van der Waals surface area contributed by atoms with E-state index in [1.165, 1.54) is 0 Å². The lowest BCUT2D eigenvalue weighted by atomic mass is 9.79. The van der Waals surface area contributed by atoms with Crippen molar-refractivity contribution in [3.05, 3.63) is 78.1 Å². The maximum atomic E-state index is 14.3. The number of piperazine rings is 1. The van der Waals surface area contributed by atoms with Gasteiger partial charge in [-0.2, -0.15) is 0 Å². The van der Waals surface area contributed by atoms with E-state index in [-0.39, 0.29) is 12.2 Å². The zero-order valence-corrected chi connectivity index (χ0v) is 20.9. The van der Waals surface area contributed by atoms with E-state index in [0.717, 1.165) is 42.3 Å². The summed E-state index contributed by atoms with van der Waals surface area (Å²) < 4.78 is 16.8. The molecule has 1 atom stereocenters. The van der Waals surface area contributed by atoms with Crippen LogP contribution in [-0.2, 0) is 16.8 Å². The third-order valence-corrected chi connectivity index (χ3v) is 6.80. The zero-order chi connectivity index (χ0) is 24.8. The van der Waals surface area contributed by atoms with Crippen LogP contribution in [0.5, 0.6) is 17.2 Å². The summed E-state index contributed by atoms with van der Waals surface area (Å²) in [6.07, 6.45) is 1.96. The first kappa shape index (κ1) is 24.5. The van der Waals surface area contributed by atoms with E-state index in [4.69, 9.17) is 14.2 Å². The second-order valence-electron chi connectivity index (χ2n) is 8.52. The van der Waals surface area contributed by atoms with E-state index < -0.39 is 5.54 Å². The van der Waals surface area contributed by atoms with Crippen molar-refractivity contribution in [2.45, 2.75) is 18.9 Å². The number of methoxy groups -OCH3 is 3. The summed E-state index contributed by atoms with van der Waals surface area (Å²) in [5.41, 5.74) is 1.69. The number of hydrogen-bond acceptors (Lipinski definition) is 7. The molecule has 1 aromatic heterocycles. The highest BCUT2D eigenvalue weighted by Gasteiger charge is 2.49. The number of para-hydroxylation sites is 2. The molecule has 0 radical (unpaired) electrons. The van der Waals surface area contributed by atoms with Gasteiger partial charge in [-0.1, -0.05) is 31.2 Å². The van der Waals surface area contributed by atoms with Crippen LogP contribution in [0.2, 0.25) is 0 Å². The lowest BCUT2D eigenvalue weighted by Gasteiger charge is -2.50. The molecule has 0 bridgehead atoms. The Morgan fingerprint density at radius 1 is 0.914 bits per heavy atom. The third kappa shape index (κ3) is 4.68. The summed E-state index contributed by atoms with van der Waals surface area (Å²) in [5, 5.41) is 0. The first-order chi connectivity index (χ1) is 17.1. The summed E-state index contributed by atoms with van der Waals surface area (Å²) in [6, 6.07) is 19.4. The van der Waals surface area contributed by atoms with Crippen molar-refractivity contribution in [1.29, 1.82) is 0 Å². The normalized spacial score (nSPS) is 18.2. The number of aromatic nitrogens is 1. The number of carbonyl (C=O) groups is 1. The first-order valence-corrected chi connectivity index (χ1v) is 11.9. The first-order valence-electron chi connectivity index (χ1n) is 11.9. The SMILES string of the molecule is CCN1CCN(c2ccccc2OC)CC1(C(=O)Cc1ccccn1)c1ccc(OC)c(OC)c1. The van der Waals surface area contributed by atoms with Gasteiger partial charge in [0.05, 0.1) is 33.4 Å². The van der Waals surface area contributed by atoms with Crippen LogP contribution >= 0.6 is 0 Å². The van der Waals surface area contributed by atoms with E-state index in [1.807, 2.05) is 60.7 Å². The van der Waals surface area contributed by atoms with Crippen LogP contribution in [0.1, 0.15) is 18.2 Å². The molecule has 1 fully saturated rings. The van der Waals surface area contributed by atoms with Crippen LogP contribution in [0.3, 0.4) is 0 Å². The van der Waals surface area contributed by atoms with Crippen LogP contribution < -0.4 is 19.1 Å². The Kier molecular flexibility index (Phi) is 7.56. The minimum absolute atomic E-state index is 0.0878. The van der Waals surface area contributed by atoms with Gasteiger partial charge in [0.1, 0.15) is 11.3 Å². The molecule has 0 saturated carbocycles. The van der Waals surface area contributed by atoms with Crippen LogP contribution in [0.15, 0.2) is 66.9 Å². The van der Waals surface area contributed by atoms with Gasteiger partial charge in [0, 0.05) is 31.5 Å². The molecule has 1 aliphatic rings. The molecule has 7 nitrogen and oxygen atoms in total. The fourth-order valence-corrected chi connectivity index (χ4v) is 5.02. The number of carbonyl (C=O) groups excluding carboxylic acids is 1. The minimum atomic E-state index is -0.912. The molecule has 1 saturated heterocycles. The predicted molar refractivity (Wildman–Crippen MR) is 137 cm³/mol. The van der Waals surface area contributed by atoms with Crippen molar-refractivity contribution >= 4 is 11.5 Å². The second kappa shape index (κ2) is 10.8. The average molecular weight is 476 g/mol. The Bertz CT molecular complexity index is 1150. The summed E-state index contributed by atoms with van der Waals surface area (Å²) in [6.45, 7) is 4.80. The smallest absolute Gasteiger partial charge is 0.165 e. The topological polar surface area (TPSA) is 64.1 Å². The third-order valence-electron chi connectivity index (χ3n) is 6.80. The van der Waals surface area contributed by atoms with Crippen molar-refractivity contribution in [1.82, 2.24) is 9.88 Å². The molecule has 0 amide bonds. The van der Waals surface area contributed by atoms with Crippen LogP contribution in [-0.4, -0.2) is 63.2 Å². The van der Waals surface area contributed by atoms with Crippen molar-refractivity contribution in [2.24, 2.45) is 0 Å². The van der Waals surface area contributed by atoms with E-state index in [1.54, 1.807) is 27.5 Å². The van der Waals surface area contributed by atoms with Crippen molar-refractivity contribution in [3.63, 3.8) is 0 Å². The Morgan fingerprint density at radius 3 is 2.34 bits per heavy atom. The molecular formula is C28H33N3O4. The molecule has 2 aromatic carbocycles. The van der Waals surface area contributed by atoms with Gasteiger partial charge in [0.15, 0.2) is 17.3 Å². The standard InChI is InChI=1S/C28H33N3O4/c1-5-31-17-16-30(23-11-6-7-12-24(23)33-2)20-28(31,27(32)19-22-10-8-9-15-29-22)21-13-14-25(34-3)26(18-21)35-4/h6-15,18H,5,16-17,19-20H2,1-4H3. The van der Waals surface area contributed by atoms with Gasteiger partial charge < -0.3 is 19.1 Å². The van der Waals surface area contributed by atoms with Crippen LogP contribution in [0, 0.1) is 0 Å². The molecule has 2 heterocycles. The minimum Gasteiger partial charge on any atom is -0.495 e. The van der Waals surface area contributed by atoms with E-state index in [0.29, 0.717) is 18.0 Å². The summed E-state index contributed by atoms with van der Waals surface area (Å²) >= 11 is 0. The molecule has 3 aromatic rings. The highest BCUT2D eigenvalue weighted by atomic mass is 16.5. The second-order valence-corrected chi connectivity index (χ2v) is 8.52. The Morgan fingerprint density at radius 2 is 1.66 bits per heavy atom. The number of hydrogen-bond donors (Lipinski definition) is 0. The van der Waals surface area contributed by atoms with Crippen molar-refractivity contribution in [3.8, 4) is 17.2 Å². The summed E-state index contributed by atoms with van der Waals surface area (Å²) in [5.74, 6) is 2.10. The van der Waals surface area contributed by atoms with Crippen LogP contribution in [0.4, 0.5) is 5.69 Å². The monoisotopic (exact) mass is 475 g/mol. The van der Waals surface area contributed by atoms with Gasteiger partial charge in [-0.25, -0.2) is 0 Å². The van der Waals surface area contributed by atoms with Gasteiger partial charge in [-0.15, -0.1) is 0 Å². The largest absolute Gasteiger partial charge is 0.495 e. The quantitative estimate of drug-likeness (QED) is 0.464. The van der Waals surface area contributed by atoms with Gasteiger partial charge in [0.2, 0.25) is 0 Å². The van der Waals surface area contributed by atoms with Crippen LogP contribution in [0.25, 0.3) is 0 Å². The highest BCUT2D eigenvalue weighted by Crippen LogP contribution is 2.41. The number of anilines is 1. The highest BCUT2D eigenvalue weighted by molar-refractivity contribution is 5.92. The number of Topliss-reactive ketones (excluding diaryl/α,β-unsaturated/α-hetero) is 1. The molecule has 4 rings (SSSR count). The average Bonchev–Trinajstić information content (AvgIpc) is 2.92. The maximum absolute atomic E-state index is 14.3. The Hall–Kier alpha value is -3.58. The zero-order valence-electron chi connectivity index (χ0n) is 20.9. The number of ether oxygens (including phenoxy) is 3. The number of ketones is 1.